The Hall–Kier alpha value is -1.66. The third kappa shape index (κ3) is 6.63. The van der Waals surface area contributed by atoms with E-state index in [1.165, 1.54) is 24.3 Å². The second-order valence-electron chi connectivity index (χ2n) is 6.89. The molecular weight excluding hydrogens is 323 g/mol. The van der Waals surface area contributed by atoms with Gasteiger partial charge < -0.3 is 14.8 Å². The molecule has 6 heteroatoms. The fourth-order valence-electron chi connectivity index (χ4n) is 2.98. The summed E-state index contributed by atoms with van der Waals surface area (Å²) in [6, 6.07) is 5.97. The van der Waals surface area contributed by atoms with Crippen LogP contribution in [0.25, 0.3) is 0 Å². The van der Waals surface area contributed by atoms with E-state index >= 15 is 0 Å². The number of ether oxygens (including phenoxy) is 2. The van der Waals surface area contributed by atoms with Gasteiger partial charge in [0.2, 0.25) is 0 Å². The highest BCUT2D eigenvalue weighted by Crippen LogP contribution is 2.15. The van der Waals surface area contributed by atoms with Crippen LogP contribution in [0, 0.1) is 11.7 Å². The molecule has 2 rings (SSSR count). The summed E-state index contributed by atoms with van der Waals surface area (Å²) in [7, 11) is 0. The lowest BCUT2D eigenvalue weighted by Crippen LogP contribution is -2.50. The molecule has 1 amide bonds. The minimum Gasteiger partial charge on any atom is -0.481 e. The van der Waals surface area contributed by atoms with Gasteiger partial charge in [-0.1, -0.05) is 13.8 Å². The summed E-state index contributed by atoms with van der Waals surface area (Å²) < 4.78 is 23.9. The smallest absolute Gasteiger partial charge is 0.260 e. The number of halogens is 1. The fraction of sp³-hybridized carbons (Fsp3) is 0.632. The number of amides is 1. The topological polar surface area (TPSA) is 50.8 Å². The number of hydrogen-bond acceptors (Lipinski definition) is 4. The van der Waals surface area contributed by atoms with E-state index in [-0.39, 0.29) is 11.7 Å². The highest BCUT2D eigenvalue weighted by atomic mass is 19.1. The normalized spacial score (nSPS) is 18.0. The first kappa shape index (κ1) is 19.7. The van der Waals surface area contributed by atoms with Gasteiger partial charge in [-0.2, -0.15) is 0 Å². The molecule has 1 aromatic rings. The lowest BCUT2D eigenvalue weighted by molar-refractivity contribution is -0.127. The summed E-state index contributed by atoms with van der Waals surface area (Å²) >= 11 is 0. The Kier molecular flexibility index (Phi) is 7.65. The van der Waals surface area contributed by atoms with Crippen molar-refractivity contribution in [1.82, 2.24) is 10.2 Å². The molecule has 25 heavy (non-hydrogen) atoms. The van der Waals surface area contributed by atoms with Gasteiger partial charge in [-0.25, -0.2) is 4.39 Å². The predicted octanol–water partition coefficient (Wildman–Crippen LogP) is 2.46. The summed E-state index contributed by atoms with van der Waals surface area (Å²) in [4.78, 5) is 14.7. The summed E-state index contributed by atoms with van der Waals surface area (Å²) in [5, 5.41) is 3.00. The van der Waals surface area contributed by atoms with Crippen molar-refractivity contribution in [2.75, 3.05) is 32.8 Å². The van der Waals surface area contributed by atoms with Crippen molar-refractivity contribution in [3.63, 3.8) is 0 Å². The number of carbonyl (C=O) groups excluding carboxylic acids is 1. The zero-order valence-corrected chi connectivity index (χ0v) is 15.3. The summed E-state index contributed by atoms with van der Waals surface area (Å²) in [6.07, 6.45) is 0.392. The summed E-state index contributed by atoms with van der Waals surface area (Å²) in [5.41, 5.74) is 0. The van der Waals surface area contributed by atoms with Crippen LogP contribution in [0.3, 0.4) is 0 Å². The van der Waals surface area contributed by atoms with E-state index in [0.717, 1.165) is 32.7 Å². The van der Waals surface area contributed by atoms with Crippen molar-refractivity contribution in [2.24, 2.45) is 5.92 Å². The number of morpholine rings is 1. The summed E-state index contributed by atoms with van der Waals surface area (Å²) in [6.45, 7) is 9.95. The molecule has 1 N–H and O–H groups in total. The molecule has 0 aromatic heterocycles. The standard InChI is InChI=1S/C19H29FN2O3/c1-14(2)12-17(22-8-10-24-11-9-22)13-21-19(23)15(3)25-18-6-4-16(20)5-7-18/h4-7,14-15,17H,8-13H2,1-3H3,(H,21,23)/t15-,17+/m0/s1. The van der Waals surface area contributed by atoms with Crippen LogP contribution in [0.5, 0.6) is 5.75 Å². The average Bonchev–Trinajstić information content (AvgIpc) is 2.60. The first-order valence-electron chi connectivity index (χ1n) is 8.97. The van der Waals surface area contributed by atoms with Gasteiger partial charge >= 0.3 is 0 Å². The molecule has 1 saturated heterocycles. The average molecular weight is 352 g/mol. The van der Waals surface area contributed by atoms with Crippen molar-refractivity contribution in [2.45, 2.75) is 39.3 Å². The van der Waals surface area contributed by atoms with Crippen LogP contribution < -0.4 is 10.1 Å². The number of hydrogen-bond donors (Lipinski definition) is 1. The third-order valence-corrected chi connectivity index (χ3v) is 4.31. The minimum atomic E-state index is -0.630. The Bertz CT molecular complexity index is 530. The first-order chi connectivity index (χ1) is 12.0. The number of rotatable bonds is 8. The molecule has 2 atom stereocenters. The quantitative estimate of drug-likeness (QED) is 0.781. The van der Waals surface area contributed by atoms with Crippen molar-refractivity contribution in [3.05, 3.63) is 30.1 Å². The fourth-order valence-corrected chi connectivity index (χ4v) is 2.98. The van der Waals surface area contributed by atoms with Crippen LogP contribution in [0.15, 0.2) is 24.3 Å². The Morgan fingerprint density at radius 1 is 1.24 bits per heavy atom. The summed E-state index contributed by atoms with van der Waals surface area (Å²) in [5.74, 6) is 0.548. The van der Waals surface area contributed by atoms with Gasteiger partial charge in [-0.05, 0) is 43.5 Å². The third-order valence-electron chi connectivity index (χ3n) is 4.31. The molecule has 0 radical (unpaired) electrons. The lowest BCUT2D eigenvalue weighted by atomic mass is 10.0. The highest BCUT2D eigenvalue weighted by molar-refractivity contribution is 5.80. The molecule has 0 saturated carbocycles. The number of nitrogens with zero attached hydrogens (tertiary/aromatic N) is 1. The van der Waals surface area contributed by atoms with E-state index < -0.39 is 6.10 Å². The molecule has 1 fully saturated rings. The van der Waals surface area contributed by atoms with Crippen LogP contribution in [0.2, 0.25) is 0 Å². The molecule has 0 bridgehead atoms. The van der Waals surface area contributed by atoms with Gasteiger partial charge in [0.1, 0.15) is 11.6 Å². The van der Waals surface area contributed by atoms with Gasteiger partial charge in [0.25, 0.3) is 5.91 Å². The monoisotopic (exact) mass is 352 g/mol. The molecular formula is C19H29FN2O3. The highest BCUT2D eigenvalue weighted by Gasteiger charge is 2.23. The van der Waals surface area contributed by atoms with Crippen LogP contribution in [-0.4, -0.2) is 55.8 Å². The maximum atomic E-state index is 12.9. The van der Waals surface area contributed by atoms with Crippen LogP contribution in [0.4, 0.5) is 4.39 Å². The number of nitrogens with one attached hydrogen (secondary N) is 1. The molecule has 1 aliphatic heterocycles. The number of benzene rings is 1. The van der Waals surface area contributed by atoms with E-state index in [9.17, 15) is 9.18 Å². The largest absolute Gasteiger partial charge is 0.481 e. The molecule has 1 aliphatic rings. The molecule has 140 valence electrons. The van der Waals surface area contributed by atoms with Crippen molar-refractivity contribution >= 4 is 5.91 Å². The zero-order valence-electron chi connectivity index (χ0n) is 15.3. The van der Waals surface area contributed by atoms with E-state index in [0.29, 0.717) is 24.3 Å². The van der Waals surface area contributed by atoms with Crippen molar-refractivity contribution < 1.29 is 18.7 Å². The Morgan fingerprint density at radius 2 is 1.88 bits per heavy atom. The first-order valence-corrected chi connectivity index (χ1v) is 8.97. The number of carbonyl (C=O) groups is 1. The van der Waals surface area contributed by atoms with E-state index in [1.807, 2.05) is 0 Å². The molecule has 0 spiro atoms. The Labute approximate surface area is 149 Å². The second-order valence-corrected chi connectivity index (χ2v) is 6.89. The van der Waals surface area contributed by atoms with Crippen molar-refractivity contribution in [3.8, 4) is 5.75 Å². The Morgan fingerprint density at radius 3 is 2.48 bits per heavy atom. The lowest BCUT2D eigenvalue weighted by Gasteiger charge is -2.35. The van der Waals surface area contributed by atoms with Gasteiger partial charge in [0.15, 0.2) is 6.10 Å². The van der Waals surface area contributed by atoms with Gasteiger partial charge in [0.05, 0.1) is 13.2 Å². The van der Waals surface area contributed by atoms with E-state index in [1.54, 1.807) is 6.92 Å². The molecule has 0 unspecified atom stereocenters. The molecule has 0 aliphatic carbocycles. The van der Waals surface area contributed by atoms with Crippen LogP contribution >= 0.6 is 0 Å². The second kappa shape index (κ2) is 9.73. The van der Waals surface area contributed by atoms with E-state index in [2.05, 4.69) is 24.1 Å². The molecule has 5 nitrogen and oxygen atoms in total. The Balaban J connectivity index is 1.84. The van der Waals surface area contributed by atoms with Crippen LogP contribution in [-0.2, 0) is 9.53 Å². The maximum Gasteiger partial charge on any atom is 0.260 e. The van der Waals surface area contributed by atoms with Crippen LogP contribution in [0.1, 0.15) is 27.2 Å². The zero-order chi connectivity index (χ0) is 18.2. The van der Waals surface area contributed by atoms with Gasteiger partial charge in [0, 0.05) is 25.7 Å². The minimum absolute atomic E-state index is 0.161. The van der Waals surface area contributed by atoms with Gasteiger partial charge in [-0.15, -0.1) is 0 Å². The molecule has 1 heterocycles. The van der Waals surface area contributed by atoms with E-state index in [4.69, 9.17) is 9.47 Å². The predicted molar refractivity (Wildman–Crippen MR) is 95.1 cm³/mol. The molecule has 1 aromatic carbocycles. The maximum absolute atomic E-state index is 12.9. The van der Waals surface area contributed by atoms with Gasteiger partial charge in [-0.3, -0.25) is 9.69 Å². The SMILES string of the molecule is CC(C)C[C@H](CNC(=O)[C@H](C)Oc1ccc(F)cc1)N1CCOCC1. The van der Waals surface area contributed by atoms with Crippen molar-refractivity contribution in [1.29, 1.82) is 0 Å².